The number of benzene rings is 1. The fourth-order valence-electron chi connectivity index (χ4n) is 2.27. The van der Waals surface area contributed by atoms with Crippen molar-refractivity contribution in [2.24, 2.45) is 0 Å². The number of amides is 1. The van der Waals surface area contributed by atoms with Gasteiger partial charge in [-0.25, -0.2) is 0 Å². The maximum Gasteiger partial charge on any atom is 0.233 e. The average Bonchev–Trinajstić information content (AvgIpc) is 3.13. The van der Waals surface area contributed by atoms with Crippen LogP contribution in [0.25, 0.3) is 0 Å². The standard InChI is InChI=1S/C15H17N3O2S/c1-2-13-17-14(20-18-13)7-8-16-15(19)12-9-10-5-3-4-6-11(10)21-12/h3-6,12H,2,7-9H2,1H3,(H,16,19)/t12-/m0/s1. The predicted molar refractivity (Wildman–Crippen MR) is 80.2 cm³/mol. The molecule has 2 aromatic rings. The van der Waals surface area contributed by atoms with Crippen LogP contribution in [0.15, 0.2) is 33.7 Å². The molecular weight excluding hydrogens is 286 g/mol. The number of fused-ring (bicyclic) bond motifs is 1. The van der Waals surface area contributed by atoms with Gasteiger partial charge in [0, 0.05) is 24.3 Å². The van der Waals surface area contributed by atoms with Gasteiger partial charge in [-0.15, -0.1) is 11.8 Å². The molecule has 2 heterocycles. The molecule has 1 aromatic heterocycles. The first kappa shape index (κ1) is 14.1. The molecule has 1 aliphatic heterocycles. The highest BCUT2D eigenvalue weighted by Gasteiger charge is 2.27. The minimum atomic E-state index is -0.0312. The molecule has 110 valence electrons. The van der Waals surface area contributed by atoms with E-state index >= 15 is 0 Å². The quantitative estimate of drug-likeness (QED) is 0.915. The number of nitrogens with zero attached hydrogens (tertiary/aromatic N) is 2. The van der Waals surface area contributed by atoms with Crippen LogP contribution in [0, 0.1) is 0 Å². The molecule has 6 heteroatoms. The Kier molecular flexibility index (Phi) is 4.24. The van der Waals surface area contributed by atoms with Crippen LogP contribution in [-0.2, 0) is 24.1 Å². The van der Waals surface area contributed by atoms with Gasteiger partial charge in [-0.2, -0.15) is 4.98 Å². The lowest BCUT2D eigenvalue weighted by molar-refractivity contribution is -0.120. The molecule has 1 atom stereocenters. The highest BCUT2D eigenvalue weighted by molar-refractivity contribution is 8.01. The number of carbonyl (C=O) groups excluding carboxylic acids is 1. The zero-order valence-electron chi connectivity index (χ0n) is 11.8. The lowest BCUT2D eigenvalue weighted by Crippen LogP contribution is -2.33. The number of hydrogen-bond acceptors (Lipinski definition) is 5. The SMILES string of the molecule is CCc1noc(CCNC(=O)[C@@H]2Cc3ccccc3S2)n1. The molecule has 21 heavy (non-hydrogen) atoms. The molecule has 3 rings (SSSR count). The third-order valence-corrected chi connectivity index (χ3v) is 4.72. The van der Waals surface area contributed by atoms with Gasteiger partial charge in [0.05, 0.1) is 5.25 Å². The second-order valence-corrected chi connectivity index (χ2v) is 6.16. The molecule has 0 aliphatic carbocycles. The van der Waals surface area contributed by atoms with E-state index in [2.05, 4.69) is 27.6 Å². The third kappa shape index (κ3) is 3.26. The van der Waals surface area contributed by atoms with Crippen LogP contribution < -0.4 is 5.32 Å². The first-order valence-corrected chi connectivity index (χ1v) is 7.98. The molecule has 0 saturated heterocycles. The molecule has 0 bridgehead atoms. The molecule has 1 N–H and O–H groups in total. The summed E-state index contributed by atoms with van der Waals surface area (Å²) in [6, 6.07) is 8.17. The molecule has 0 radical (unpaired) electrons. The summed E-state index contributed by atoms with van der Waals surface area (Å²) in [6.45, 7) is 2.50. The predicted octanol–water partition coefficient (Wildman–Crippen LogP) is 2.01. The number of carbonyl (C=O) groups is 1. The number of aryl methyl sites for hydroxylation is 1. The van der Waals surface area contributed by atoms with E-state index < -0.39 is 0 Å². The topological polar surface area (TPSA) is 68.0 Å². The van der Waals surface area contributed by atoms with Gasteiger partial charge in [0.1, 0.15) is 0 Å². The summed E-state index contributed by atoms with van der Waals surface area (Å²) >= 11 is 1.63. The van der Waals surface area contributed by atoms with Crippen molar-refractivity contribution in [1.82, 2.24) is 15.5 Å². The fraction of sp³-hybridized carbons (Fsp3) is 0.400. The van der Waals surface area contributed by atoms with Crippen molar-refractivity contribution in [3.8, 4) is 0 Å². The van der Waals surface area contributed by atoms with E-state index in [4.69, 9.17) is 4.52 Å². The monoisotopic (exact) mass is 303 g/mol. The van der Waals surface area contributed by atoms with Crippen molar-refractivity contribution >= 4 is 17.7 Å². The van der Waals surface area contributed by atoms with E-state index in [0.29, 0.717) is 24.7 Å². The maximum absolute atomic E-state index is 12.2. The fourth-order valence-corrected chi connectivity index (χ4v) is 3.49. The molecule has 1 amide bonds. The Morgan fingerprint density at radius 2 is 2.33 bits per heavy atom. The molecule has 0 fully saturated rings. The Labute approximate surface area is 127 Å². The Balaban J connectivity index is 1.47. The highest BCUT2D eigenvalue weighted by atomic mass is 32.2. The maximum atomic E-state index is 12.2. The number of thioether (sulfide) groups is 1. The van der Waals surface area contributed by atoms with Crippen LogP contribution in [0.4, 0.5) is 0 Å². The third-order valence-electron chi connectivity index (χ3n) is 3.40. The van der Waals surface area contributed by atoms with Gasteiger partial charge in [-0.3, -0.25) is 4.79 Å². The normalized spacial score (nSPS) is 16.7. The summed E-state index contributed by atoms with van der Waals surface area (Å²) in [5.41, 5.74) is 1.26. The van der Waals surface area contributed by atoms with Gasteiger partial charge < -0.3 is 9.84 Å². The van der Waals surface area contributed by atoms with Crippen molar-refractivity contribution < 1.29 is 9.32 Å². The highest BCUT2D eigenvalue weighted by Crippen LogP contribution is 2.36. The van der Waals surface area contributed by atoms with Crippen molar-refractivity contribution in [2.75, 3.05) is 6.54 Å². The van der Waals surface area contributed by atoms with E-state index in [0.717, 1.165) is 12.8 Å². The lowest BCUT2D eigenvalue weighted by atomic mass is 10.1. The van der Waals surface area contributed by atoms with Crippen molar-refractivity contribution in [1.29, 1.82) is 0 Å². The summed E-state index contributed by atoms with van der Waals surface area (Å²) in [4.78, 5) is 17.6. The Hall–Kier alpha value is -1.82. The van der Waals surface area contributed by atoms with Gasteiger partial charge in [-0.05, 0) is 18.1 Å². The lowest BCUT2D eigenvalue weighted by Gasteiger charge is -2.08. The Morgan fingerprint density at radius 3 is 3.10 bits per heavy atom. The molecule has 1 aliphatic rings. The van der Waals surface area contributed by atoms with Crippen molar-refractivity contribution in [2.45, 2.75) is 36.3 Å². The number of aromatic nitrogens is 2. The van der Waals surface area contributed by atoms with E-state index in [1.54, 1.807) is 11.8 Å². The zero-order chi connectivity index (χ0) is 14.7. The van der Waals surface area contributed by atoms with E-state index in [9.17, 15) is 4.79 Å². The van der Waals surface area contributed by atoms with Gasteiger partial charge in [-0.1, -0.05) is 30.3 Å². The van der Waals surface area contributed by atoms with Gasteiger partial charge in [0.25, 0.3) is 0 Å². The summed E-state index contributed by atoms with van der Waals surface area (Å²) in [7, 11) is 0. The summed E-state index contributed by atoms with van der Waals surface area (Å²) in [5, 5.41) is 6.75. The van der Waals surface area contributed by atoms with E-state index in [1.807, 2.05) is 19.1 Å². The average molecular weight is 303 g/mol. The smallest absolute Gasteiger partial charge is 0.233 e. The summed E-state index contributed by atoms with van der Waals surface area (Å²) in [6.07, 6.45) is 2.13. The Bertz CT molecular complexity index is 616. The molecular formula is C15H17N3O2S. The van der Waals surface area contributed by atoms with Crippen LogP contribution in [0.3, 0.4) is 0 Å². The minimum absolute atomic E-state index is 0.0312. The summed E-state index contributed by atoms with van der Waals surface area (Å²) < 4.78 is 5.10. The molecule has 1 aromatic carbocycles. The number of rotatable bonds is 5. The zero-order valence-corrected chi connectivity index (χ0v) is 12.7. The molecule has 0 unspecified atom stereocenters. The molecule has 0 saturated carbocycles. The van der Waals surface area contributed by atoms with Crippen LogP contribution >= 0.6 is 11.8 Å². The van der Waals surface area contributed by atoms with Gasteiger partial charge in [0.15, 0.2) is 5.82 Å². The van der Waals surface area contributed by atoms with Crippen molar-refractivity contribution in [3.63, 3.8) is 0 Å². The summed E-state index contributed by atoms with van der Waals surface area (Å²) in [5.74, 6) is 1.36. The van der Waals surface area contributed by atoms with Crippen LogP contribution in [0.5, 0.6) is 0 Å². The van der Waals surface area contributed by atoms with E-state index in [1.165, 1.54) is 10.5 Å². The first-order valence-electron chi connectivity index (χ1n) is 7.10. The first-order chi connectivity index (χ1) is 10.3. The minimum Gasteiger partial charge on any atom is -0.355 e. The van der Waals surface area contributed by atoms with Crippen LogP contribution in [0.2, 0.25) is 0 Å². The molecule has 5 nitrogen and oxygen atoms in total. The number of nitrogens with one attached hydrogen (secondary N) is 1. The van der Waals surface area contributed by atoms with Gasteiger partial charge >= 0.3 is 0 Å². The van der Waals surface area contributed by atoms with Crippen molar-refractivity contribution in [3.05, 3.63) is 41.5 Å². The van der Waals surface area contributed by atoms with Gasteiger partial charge in [0.2, 0.25) is 11.8 Å². The largest absolute Gasteiger partial charge is 0.355 e. The van der Waals surface area contributed by atoms with Crippen LogP contribution in [0.1, 0.15) is 24.2 Å². The van der Waals surface area contributed by atoms with E-state index in [-0.39, 0.29) is 11.2 Å². The second-order valence-electron chi connectivity index (χ2n) is 4.92. The molecule has 0 spiro atoms. The van der Waals surface area contributed by atoms with Crippen LogP contribution in [-0.4, -0.2) is 27.8 Å². The second kappa shape index (κ2) is 6.30. The number of hydrogen-bond donors (Lipinski definition) is 1. The Morgan fingerprint density at radius 1 is 1.48 bits per heavy atom.